The molecule has 0 aliphatic rings. The summed E-state index contributed by atoms with van der Waals surface area (Å²) in [7, 11) is 0. The molecule has 0 radical (unpaired) electrons. The van der Waals surface area contributed by atoms with Crippen LogP contribution in [-0.2, 0) is 12.8 Å². The molecule has 7 aromatic carbocycles. The molecule has 0 fully saturated rings. The molecular weight excluding hydrogens is 683 g/mol. The Kier molecular flexibility index (Phi) is 8.33. The summed E-state index contributed by atoms with van der Waals surface area (Å²) in [5, 5.41) is 2.50. The van der Waals surface area contributed by atoms with E-state index in [-0.39, 0.29) is 0 Å². The average Bonchev–Trinajstić information content (AvgIpc) is 3.83. The molecule has 5 heteroatoms. The van der Waals surface area contributed by atoms with E-state index < -0.39 is 0 Å². The van der Waals surface area contributed by atoms with Crippen molar-refractivity contribution in [3.8, 4) is 56.7 Å². The molecule has 0 atom stereocenters. The number of imidazole rings is 1. The van der Waals surface area contributed by atoms with Gasteiger partial charge >= 0.3 is 0 Å². The van der Waals surface area contributed by atoms with Crippen molar-refractivity contribution in [1.82, 2.24) is 24.1 Å². The zero-order valence-electron chi connectivity index (χ0n) is 31.4. The third kappa shape index (κ3) is 5.59. The Balaban J connectivity index is 1.15. The minimum Gasteiger partial charge on any atom is -0.309 e. The highest BCUT2D eigenvalue weighted by Gasteiger charge is 2.21. The van der Waals surface area contributed by atoms with Crippen LogP contribution >= 0.6 is 0 Å². The van der Waals surface area contributed by atoms with Crippen LogP contribution in [0.2, 0.25) is 0 Å². The first kappa shape index (κ1) is 33.5. The molecule has 0 spiro atoms. The predicted molar refractivity (Wildman–Crippen MR) is 231 cm³/mol. The van der Waals surface area contributed by atoms with Gasteiger partial charge in [0.25, 0.3) is 0 Å². The maximum atomic E-state index is 5.43. The Morgan fingerprint density at radius 1 is 0.429 bits per heavy atom. The van der Waals surface area contributed by atoms with Crippen molar-refractivity contribution in [2.75, 3.05) is 0 Å². The van der Waals surface area contributed by atoms with Crippen LogP contribution in [-0.4, -0.2) is 24.1 Å². The summed E-state index contributed by atoms with van der Waals surface area (Å²) in [6.45, 7) is 4.42. The van der Waals surface area contributed by atoms with Crippen LogP contribution in [0, 0.1) is 0 Å². The van der Waals surface area contributed by atoms with E-state index in [0.717, 1.165) is 80.3 Å². The molecule has 0 unspecified atom stereocenters. The second-order valence-corrected chi connectivity index (χ2v) is 14.2. The molecule has 0 N–H and O–H groups in total. The van der Waals surface area contributed by atoms with Gasteiger partial charge in [-0.15, -0.1) is 0 Å². The Hall–Kier alpha value is -7.11. The topological polar surface area (TPSA) is 48.5 Å². The number of aromatic nitrogens is 5. The Bertz CT molecular complexity index is 2990. The van der Waals surface area contributed by atoms with Crippen molar-refractivity contribution < 1.29 is 0 Å². The molecule has 3 aromatic heterocycles. The predicted octanol–water partition coefficient (Wildman–Crippen LogP) is 12.7. The summed E-state index contributed by atoms with van der Waals surface area (Å²) in [6.07, 6.45) is 1.70. The van der Waals surface area contributed by atoms with Crippen LogP contribution in [0.25, 0.3) is 89.5 Å². The van der Waals surface area contributed by atoms with E-state index in [2.05, 4.69) is 187 Å². The number of fused-ring (bicyclic) bond motifs is 4. The molecule has 56 heavy (non-hydrogen) atoms. The van der Waals surface area contributed by atoms with Gasteiger partial charge in [0.1, 0.15) is 5.82 Å². The molecule has 268 valence electrons. The Morgan fingerprint density at radius 2 is 1.04 bits per heavy atom. The molecule has 0 aliphatic heterocycles. The zero-order chi connectivity index (χ0) is 37.6. The van der Waals surface area contributed by atoms with Crippen LogP contribution in [0.15, 0.2) is 176 Å². The lowest BCUT2D eigenvalue weighted by molar-refractivity contribution is 1.05. The molecular formula is C51H39N5. The van der Waals surface area contributed by atoms with E-state index in [4.69, 9.17) is 15.0 Å². The van der Waals surface area contributed by atoms with Crippen molar-refractivity contribution >= 4 is 32.8 Å². The third-order valence-electron chi connectivity index (χ3n) is 10.9. The van der Waals surface area contributed by atoms with E-state index in [9.17, 15) is 0 Å². The van der Waals surface area contributed by atoms with Crippen LogP contribution in [0.3, 0.4) is 0 Å². The van der Waals surface area contributed by atoms with Gasteiger partial charge in [0.15, 0.2) is 5.82 Å². The van der Waals surface area contributed by atoms with Crippen LogP contribution in [0.1, 0.15) is 25.0 Å². The molecule has 0 aliphatic carbocycles. The van der Waals surface area contributed by atoms with Crippen LogP contribution in [0.4, 0.5) is 0 Å². The molecule has 0 saturated carbocycles. The van der Waals surface area contributed by atoms with E-state index >= 15 is 0 Å². The lowest BCUT2D eigenvalue weighted by Gasteiger charge is -2.18. The lowest BCUT2D eigenvalue weighted by atomic mass is 9.94. The Labute approximate surface area is 326 Å². The summed E-state index contributed by atoms with van der Waals surface area (Å²) in [5.41, 5.74) is 15.1. The summed E-state index contributed by atoms with van der Waals surface area (Å²) in [5.74, 6) is 1.57. The van der Waals surface area contributed by atoms with Gasteiger partial charge in [0.2, 0.25) is 0 Å². The number of para-hydroxylation sites is 5. The van der Waals surface area contributed by atoms with Gasteiger partial charge in [0, 0.05) is 50.0 Å². The van der Waals surface area contributed by atoms with Crippen molar-refractivity contribution in [3.05, 3.63) is 187 Å². The van der Waals surface area contributed by atoms with Crippen LogP contribution in [0.5, 0.6) is 0 Å². The number of rotatable bonds is 8. The van der Waals surface area contributed by atoms with Crippen molar-refractivity contribution in [1.29, 1.82) is 0 Å². The van der Waals surface area contributed by atoms with E-state index in [1.54, 1.807) is 0 Å². The molecule has 5 nitrogen and oxygen atoms in total. The van der Waals surface area contributed by atoms with Gasteiger partial charge < -0.3 is 4.57 Å². The highest BCUT2D eigenvalue weighted by molar-refractivity contribution is 6.09. The second kappa shape index (κ2) is 13.9. The summed E-state index contributed by atoms with van der Waals surface area (Å²) in [6, 6.07) is 62.1. The molecule has 0 amide bonds. The molecule has 0 saturated heterocycles. The first-order chi connectivity index (χ1) is 27.7. The second-order valence-electron chi connectivity index (χ2n) is 14.2. The normalized spacial score (nSPS) is 11.5. The highest BCUT2D eigenvalue weighted by atomic mass is 15.1. The van der Waals surface area contributed by atoms with Gasteiger partial charge in [-0.05, 0) is 73.0 Å². The summed E-state index contributed by atoms with van der Waals surface area (Å²) >= 11 is 0. The smallest absolute Gasteiger partial charge is 0.160 e. The highest BCUT2D eigenvalue weighted by Crippen LogP contribution is 2.38. The maximum absolute atomic E-state index is 5.43. The van der Waals surface area contributed by atoms with Gasteiger partial charge in [-0.1, -0.05) is 135 Å². The van der Waals surface area contributed by atoms with Crippen molar-refractivity contribution in [2.24, 2.45) is 0 Å². The van der Waals surface area contributed by atoms with Gasteiger partial charge in [-0.25, -0.2) is 15.0 Å². The fraction of sp³-hybridized carbons (Fsp3) is 0.0784. The Morgan fingerprint density at radius 3 is 1.77 bits per heavy atom. The molecule has 10 rings (SSSR count). The fourth-order valence-corrected chi connectivity index (χ4v) is 8.29. The number of hydrogen-bond donors (Lipinski definition) is 0. The van der Waals surface area contributed by atoms with Crippen molar-refractivity contribution in [2.45, 2.75) is 26.7 Å². The number of hydrogen-bond acceptors (Lipinski definition) is 3. The molecule has 10 aromatic rings. The minimum atomic E-state index is 0.689. The van der Waals surface area contributed by atoms with Gasteiger partial charge in [-0.3, -0.25) is 4.57 Å². The van der Waals surface area contributed by atoms with Gasteiger partial charge in [0.05, 0.1) is 33.5 Å². The quantitative estimate of drug-likeness (QED) is 0.157. The summed E-state index contributed by atoms with van der Waals surface area (Å²) in [4.78, 5) is 16.0. The first-order valence-electron chi connectivity index (χ1n) is 19.4. The fourth-order valence-electron chi connectivity index (χ4n) is 8.29. The zero-order valence-corrected chi connectivity index (χ0v) is 31.4. The SMILES string of the molecule is CCc1ccccc1-c1nc(-c2cccc(-c3nc4ccccc4n3-c3ccccc3)c2)nc(-c2ccc(-n3c4ccccc4c4ccccc43)cc2)c1CC. The molecule has 3 heterocycles. The van der Waals surface area contributed by atoms with Crippen LogP contribution < -0.4 is 0 Å². The monoisotopic (exact) mass is 721 g/mol. The van der Waals surface area contributed by atoms with E-state index in [1.807, 2.05) is 12.1 Å². The van der Waals surface area contributed by atoms with Gasteiger partial charge in [-0.2, -0.15) is 0 Å². The standard InChI is InChI=1S/C51H39N5/c1-3-34-17-8-9-22-41(34)49-40(4-2)48(35-29-31-39(32-30-35)55-45-26-13-10-23-42(45)43-24-11-14-27-46(43)55)53-50(54-49)36-18-16-19-37(33-36)51-52-44-25-12-15-28-47(44)56(51)38-20-6-5-7-21-38/h5-33H,3-4H2,1-2H3. The number of aryl methyl sites for hydroxylation is 1. The first-order valence-corrected chi connectivity index (χ1v) is 19.4. The number of nitrogens with zero attached hydrogens (tertiary/aromatic N) is 5. The minimum absolute atomic E-state index is 0.689. The largest absolute Gasteiger partial charge is 0.309 e. The lowest BCUT2D eigenvalue weighted by Crippen LogP contribution is -2.04. The van der Waals surface area contributed by atoms with E-state index in [0.29, 0.717) is 5.82 Å². The maximum Gasteiger partial charge on any atom is 0.160 e. The number of benzene rings is 7. The summed E-state index contributed by atoms with van der Waals surface area (Å²) < 4.78 is 4.60. The van der Waals surface area contributed by atoms with Crippen molar-refractivity contribution in [3.63, 3.8) is 0 Å². The van der Waals surface area contributed by atoms with E-state index in [1.165, 1.54) is 27.4 Å². The third-order valence-corrected chi connectivity index (χ3v) is 10.9. The molecule has 0 bridgehead atoms. The average molecular weight is 722 g/mol.